The van der Waals surface area contributed by atoms with Gasteiger partial charge in [0, 0.05) is 11.4 Å². The van der Waals surface area contributed by atoms with Crippen molar-refractivity contribution in [2.75, 3.05) is 24.4 Å². The topological polar surface area (TPSA) is 118 Å². The molecular formula is C26H26N4O5. The maximum Gasteiger partial charge on any atom is 0.329 e. The average Bonchev–Trinajstić information content (AvgIpc) is 2.85. The Morgan fingerprint density at radius 3 is 2.29 bits per heavy atom. The fourth-order valence-electron chi connectivity index (χ4n) is 2.93. The maximum atomic E-state index is 12.2. The number of hydrogen-bond donors (Lipinski definition) is 3. The lowest BCUT2D eigenvalue weighted by Crippen LogP contribution is -2.32. The summed E-state index contributed by atoms with van der Waals surface area (Å²) < 4.78 is 10.6. The van der Waals surface area contributed by atoms with Crippen molar-refractivity contribution in [2.45, 2.75) is 13.8 Å². The van der Waals surface area contributed by atoms with Crippen LogP contribution in [0.4, 0.5) is 11.4 Å². The summed E-state index contributed by atoms with van der Waals surface area (Å²) in [6, 6.07) is 19.0. The third-order valence-corrected chi connectivity index (χ3v) is 4.95. The quantitative estimate of drug-likeness (QED) is 0.263. The predicted molar refractivity (Wildman–Crippen MR) is 134 cm³/mol. The number of hydrogen-bond acceptors (Lipinski definition) is 6. The maximum absolute atomic E-state index is 12.2. The van der Waals surface area contributed by atoms with E-state index in [2.05, 4.69) is 21.2 Å². The van der Waals surface area contributed by atoms with E-state index in [9.17, 15) is 14.4 Å². The molecule has 3 amide bonds. The van der Waals surface area contributed by atoms with E-state index in [0.717, 1.165) is 11.1 Å². The summed E-state index contributed by atoms with van der Waals surface area (Å²) in [5, 5.41) is 9.06. The number of rotatable bonds is 8. The zero-order valence-electron chi connectivity index (χ0n) is 19.6. The molecule has 9 heteroatoms. The van der Waals surface area contributed by atoms with Gasteiger partial charge in [-0.25, -0.2) is 5.43 Å². The van der Waals surface area contributed by atoms with Crippen molar-refractivity contribution in [1.29, 1.82) is 0 Å². The molecule has 3 N–H and O–H groups in total. The minimum atomic E-state index is -0.924. The first-order valence-corrected chi connectivity index (χ1v) is 10.7. The molecule has 0 radical (unpaired) electrons. The van der Waals surface area contributed by atoms with Gasteiger partial charge in [0.05, 0.1) is 13.3 Å². The standard InChI is InChI=1S/C26H26N4O5/c1-17-7-8-21(13-18(17)2)28-24(31)16-35-23-6-4-5-19(14-23)15-27-30-26(33)25(32)29-20-9-11-22(34-3)12-10-20/h4-15H,16H2,1-3H3,(H,28,31)(H,29,32)(H,30,33)/b27-15-. The Kier molecular flexibility index (Phi) is 8.55. The molecule has 0 aliphatic carbocycles. The highest BCUT2D eigenvalue weighted by molar-refractivity contribution is 6.39. The molecule has 0 aliphatic rings. The molecule has 9 nitrogen and oxygen atoms in total. The third-order valence-electron chi connectivity index (χ3n) is 4.95. The van der Waals surface area contributed by atoms with E-state index < -0.39 is 11.8 Å². The van der Waals surface area contributed by atoms with E-state index in [4.69, 9.17) is 9.47 Å². The van der Waals surface area contributed by atoms with E-state index in [1.165, 1.54) is 13.3 Å². The highest BCUT2D eigenvalue weighted by Crippen LogP contribution is 2.16. The van der Waals surface area contributed by atoms with Crippen LogP contribution in [0, 0.1) is 13.8 Å². The number of methoxy groups -OCH3 is 1. The summed E-state index contributed by atoms with van der Waals surface area (Å²) in [7, 11) is 1.53. The van der Waals surface area contributed by atoms with E-state index in [1.54, 1.807) is 48.5 Å². The molecule has 0 aromatic heterocycles. The normalized spacial score (nSPS) is 10.5. The zero-order chi connectivity index (χ0) is 25.2. The summed E-state index contributed by atoms with van der Waals surface area (Å²) in [4.78, 5) is 36.1. The third kappa shape index (κ3) is 7.71. The Morgan fingerprint density at radius 1 is 0.829 bits per heavy atom. The molecule has 0 saturated heterocycles. The molecule has 0 saturated carbocycles. The second-order valence-electron chi connectivity index (χ2n) is 7.59. The number of ether oxygens (including phenoxy) is 2. The molecule has 0 atom stereocenters. The first-order chi connectivity index (χ1) is 16.8. The van der Waals surface area contributed by atoms with Crippen molar-refractivity contribution in [1.82, 2.24) is 5.43 Å². The van der Waals surface area contributed by atoms with Crippen molar-refractivity contribution in [3.05, 3.63) is 83.4 Å². The van der Waals surface area contributed by atoms with Gasteiger partial charge in [0.2, 0.25) is 0 Å². The second kappa shape index (κ2) is 12.0. The molecule has 0 aliphatic heterocycles. The lowest BCUT2D eigenvalue weighted by atomic mass is 10.1. The Balaban J connectivity index is 1.47. The lowest BCUT2D eigenvalue weighted by molar-refractivity contribution is -0.136. The Morgan fingerprint density at radius 2 is 1.57 bits per heavy atom. The lowest BCUT2D eigenvalue weighted by Gasteiger charge is -2.09. The summed E-state index contributed by atoms with van der Waals surface area (Å²) >= 11 is 0. The number of nitrogens with zero attached hydrogens (tertiary/aromatic N) is 1. The van der Waals surface area contributed by atoms with E-state index in [0.29, 0.717) is 28.4 Å². The van der Waals surface area contributed by atoms with Crippen molar-refractivity contribution in [3.8, 4) is 11.5 Å². The van der Waals surface area contributed by atoms with Gasteiger partial charge in [0.1, 0.15) is 11.5 Å². The van der Waals surface area contributed by atoms with Crippen LogP contribution in [0.15, 0.2) is 71.8 Å². The molecule has 3 rings (SSSR count). The molecule has 180 valence electrons. The van der Waals surface area contributed by atoms with Gasteiger partial charge in [0.25, 0.3) is 5.91 Å². The van der Waals surface area contributed by atoms with Crippen LogP contribution in [0.25, 0.3) is 0 Å². The SMILES string of the molecule is COc1ccc(NC(=O)C(=O)N/N=C\c2cccc(OCC(=O)Nc3ccc(C)c(C)c3)c2)cc1. The number of hydrazone groups is 1. The molecule has 0 unspecified atom stereocenters. The Labute approximate surface area is 203 Å². The molecular weight excluding hydrogens is 448 g/mol. The van der Waals surface area contributed by atoms with Crippen LogP contribution < -0.4 is 25.5 Å². The first kappa shape index (κ1) is 25.0. The number of amides is 3. The van der Waals surface area contributed by atoms with Crippen LogP contribution >= 0.6 is 0 Å². The summed E-state index contributed by atoms with van der Waals surface area (Å²) in [6.45, 7) is 3.81. The van der Waals surface area contributed by atoms with Crippen molar-refractivity contribution in [2.24, 2.45) is 5.10 Å². The molecule has 3 aromatic rings. The molecule has 0 bridgehead atoms. The van der Waals surface area contributed by atoms with Crippen LogP contribution in [0.1, 0.15) is 16.7 Å². The smallest absolute Gasteiger partial charge is 0.329 e. The van der Waals surface area contributed by atoms with Gasteiger partial charge in [-0.3, -0.25) is 14.4 Å². The highest BCUT2D eigenvalue weighted by atomic mass is 16.5. The van der Waals surface area contributed by atoms with Gasteiger partial charge in [-0.1, -0.05) is 18.2 Å². The largest absolute Gasteiger partial charge is 0.497 e. The van der Waals surface area contributed by atoms with Gasteiger partial charge in [0.15, 0.2) is 6.61 Å². The molecule has 0 spiro atoms. The second-order valence-corrected chi connectivity index (χ2v) is 7.59. The van der Waals surface area contributed by atoms with Crippen LogP contribution in [0.2, 0.25) is 0 Å². The van der Waals surface area contributed by atoms with Gasteiger partial charge < -0.3 is 20.1 Å². The van der Waals surface area contributed by atoms with Crippen LogP contribution in [0.5, 0.6) is 11.5 Å². The first-order valence-electron chi connectivity index (χ1n) is 10.7. The minimum absolute atomic E-state index is 0.171. The number of nitrogens with one attached hydrogen (secondary N) is 3. The van der Waals surface area contributed by atoms with E-state index in [-0.39, 0.29) is 12.5 Å². The van der Waals surface area contributed by atoms with Crippen LogP contribution in [0.3, 0.4) is 0 Å². The molecule has 0 heterocycles. The monoisotopic (exact) mass is 474 g/mol. The Bertz CT molecular complexity index is 1240. The van der Waals surface area contributed by atoms with Crippen molar-refractivity contribution < 1.29 is 23.9 Å². The minimum Gasteiger partial charge on any atom is -0.497 e. The fourth-order valence-corrected chi connectivity index (χ4v) is 2.93. The van der Waals surface area contributed by atoms with Gasteiger partial charge in [-0.05, 0) is 79.1 Å². The fraction of sp³-hybridized carbons (Fsp3) is 0.154. The van der Waals surface area contributed by atoms with Gasteiger partial charge in [-0.15, -0.1) is 0 Å². The number of aryl methyl sites for hydroxylation is 2. The Hall–Kier alpha value is -4.66. The summed E-state index contributed by atoms with van der Waals surface area (Å²) in [5.74, 6) is -0.993. The zero-order valence-corrected chi connectivity index (χ0v) is 19.6. The summed E-state index contributed by atoms with van der Waals surface area (Å²) in [5.41, 5.74) is 6.15. The molecule has 35 heavy (non-hydrogen) atoms. The van der Waals surface area contributed by atoms with Gasteiger partial charge >= 0.3 is 11.8 Å². The van der Waals surface area contributed by atoms with E-state index in [1.807, 2.05) is 32.0 Å². The van der Waals surface area contributed by atoms with Gasteiger partial charge in [-0.2, -0.15) is 5.10 Å². The van der Waals surface area contributed by atoms with Crippen molar-refractivity contribution in [3.63, 3.8) is 0 Å². The van der Waals surface area contributed by atoms with Crippen LogP contribution in [-0.2, 0) is 14.4 Å². The highest BCUT2D eigenvalue weighted by Gasteiger charge is 2.13. The van der Waals surface area contributed by atoms with Crippen molar-refractivity contribution >= 4 is 35.3 Å². The number of carbonyl (C=O) groups is 3. The molecule has 0 fully saturated rings. The number of benzene rings is 3. The predicted octanol–water partition coefficient (Wildman–Crippen LogP) is 3.42. The number of anilines is 2. The molecule has 3 aromatic carbocycles. The van der Waals surface area contributed by atoms with E-state index >= 15 is 0 Å². The number of carbonyl (C=O) groups excluding carboxylic acids is 3. The van der Waals surface area contributed by atoms with Crippen LogP contribution in [-0.4, -0.2) is 37.7 Å². The summed E-state index contributed by atoms with van der Waals surface area (Å²) in [6.07, 6.45) is 1.36. The average molecular weight is 475 g/mol.